The quantitative estimate of drug-likeness (QED) is 0.323. The van der Waals surface area contributed by atoms with Crippen molar-refractivity contribution in [3.8, 4) is 0 Å². The van der Waals surface area contributed by atoms with E-state index in [1.165, 1.54) is 25.9 Å². The molecule has 0 spiro atoms. The largest absolute Gasteiger partial charge is 0.381 e. The molecule has 4 heterocycles. The summed E-state index contributed by atoms with van der Waals surface area (Å²) in [6.45, 7) is 6.29. The molecule has 2 fully saturated rings. The first-order valence-electron chi connectivity index (χ1n) is 10.9. The molecule has 3 aliphatic rings. The molecule has 0 aliphatic carbocycles. The lowest BCUT2D eigenvalue weighted by Gasteiger charge is -2.45. The second kappa shape index (κ2) is 11.1. The molecule has 0 amide bonds. The second-order valence-electron chi connectivity index (χ2n) is 8.40. The molecule has 1 aromatic rings. The van der Waals surface area contributed by atoms with E-state index in [2.05, 4.69) is 30.6 Å². The average molecular weight is 533 g/mol. The topological polar surface area (TPSA) is 88.8 Å². The Morgan fingerprint density at radius 1 is 1.30 bits per heavy atom. The molecule has 1 atom stereocenters. The first-order valence-corrected chi connectivity index (χ1v) is 10.9. The van der Waals surface area contributed by atoms with E-state index in [9.17, 15) is 0 Å². The van der Waals surface area contributed by atoms with Gasteiger partial charge in [-0.3, -0.25) is 9.89 Å². The molecule has 4 rings (SSSR count). The molecule has 9 nitrogen and oxygen atoms in total. The molecule has 2 saturated heterocycles. The van der Waals surface area contributed by atoms with Crippen molar-refractivity contribution >= 4 is 29.9 Å². The summed E-state index contributed by atoms with van der Waals surface area (Å²) < 4.78 is 12.8. The summed E-state index contributed by atoms with van der Waals surface area (Å²) in [5.74, 6) is 2.69. The summed E-state index contributed by atoms with van der Waals surface area (Å²) in [7, 11) is 3.52. The Kier molecular flexibility index (Phi) is 8.72. The number of likely N-dealkylation sites (tertiary alicyclic amines) is 1. The molecule has 1 unspecified atom stereocenters. The molecular weight excluding hydrogens is 497 g/mol. The first-order chi connectivity index (χ1) is 14.2. The Morgan fingerprint density at radius 2 is 2.07 bits per heavy atom. The third kappa shape index (κ3) is 5.43. The van der Waals surface area contributed by atoms with Gasteiger partial charge in [-0.1, -0.05) is 0 Å². The normalized spacial score (nSPS) is 24.2. The highest BCUT2D eigenvalue weighted by Crippen LogP contribution is 2.30. The summed E-state index contributed by atoms with van der Waals surface area (Å²) in [4.78, 5) is 11.7. The van der Waals surface area contributed by atoms with Crippen LogP contribution in [0.2, 0.25) is 0 Å². The van der Waals surface area contributed by atoms with Gasteiger partial charge in [0.25, 0.3) is 0 Å². The van der Waals surface area contributed by atoms with Crippen LogP contribution in [0.4, 0.5) is 0 Å². The van der Waals surface area contributed by atoms with E-state index < -0.39 is 0 Å². The number of aromatic nitrogens is 3. The van der Waals surface area contributed by atoms with E-state index >= 15 is 0 Å². The number of hydrogen-bond donors (Lipinski definition) is 2. The zero-order valence-corrected chi connectivity index (χ0v) is 20.6. The van der Waals surface area contributed by atoms with Crippen molar-refractivity contribution in [1.82, 2.24) is 30.3 Å². The summed E-state index contributed by atoms with van der Waals surface area (Å²) >= 11 is 0. The van der Waals surface area contributed by atoms with Gasteiger partial charge in [-0.2, -0.15) is 5.10 Å². The number of aryl methyl sites for hydroxylation is 1. The van der Waals surface area contributed by atoms with Crippen molar-refractivity contribution in [2.75, 3.05) is 47.0 Å². The van der Waals surface area contributed by atoms with Crippen LogP contribution in [0.25, 0.3) is 0 Å². The number of nitrogens with zero attached hydrogens (tertiary/aromatic N) is 5. The van der Waals surface area contributed by atoms with E-state index in [1.54, 1.807) is 7.11 Å². The van der Waals surface area contributed by atoms with Gasteiger partial charge in [-0.05, 0) is 45.2 Å². The maximum Gasteiger partial charge on any atom is 0.191 e. The summed E-state index contributed by atoms with van der Waals surface area (Å²) in [6, 6.07) is 0.295. The number of aliphatic imine (C=N–C) groups is 1. The van der Waals surface area contributed by atoms with E-state index in [0.29, 0.717) is 12.6 Å². The van der Waals surface area contributed by atoms with Crippen molar-refractivity contribution in [2.24, 2.45) is 4.99 Å². The third-order valence-electron chi connectivity index (χ3n) is 6.53. The minimum atomic E-state index is 0. The van der Waals surface area contributed by atoms with Gasteiger partial charge in [-0.25, -0.2) is 9.67 Å². The van der Waals surface area contributed by atoms with Crippen molar-refractivity contribution < 1.29 is 9.47 Å². The van der Waals surface area contributed by atoms with Crippen LogP contribution in [0, 0.1) is 0 Å². The average Bonchev–Trinajstić information content (AvgIpc) is 3.42. The fourth-order valence-electron chi connectivity index (χ4n) is 4.85. The molecule has 0 aromatic carbocycles. The van der Waals surface area contributed by atoms with Gasteiger partial charge in [0.1, 0.15) is 12.4 Å². The maximum atomic E-state index is 5.67. The third-order valence-corrected chi connectivity index (χ3v) is 6.53. The van der Waals surface area contributed by atoms with Gasteiger partial charge in [0.05, 0.1) is 6.54 Å². The van der Waals surface area contributed by atoms with E-state index in [-0.39, 0.29) is 29.5 Å². The molecule has 10 heteroatoms. The number of guanidine groups is 1. The number of fused-ring (bicyclic) bond motifs is 1. The van der Waals surface area contributed by atoms with Crippen LogP contribution in [-0.4, -0.2) is 84.2 Å². The highest BCUT2D eigenvalue weighted by atomic mass is 127. The number of rotatable bonds is 6. The molecule has 0 bridgehead atoms. The highest BCUT2D eigenvalue weighted by Gasteiger charge is 2.39. The predicted molar refractivity (Wildman–Crippen MR) is 126 cm³/mol. The number of halogens is 1. The lowest BCUT2D eigenvalue weighted by atomic mass is 9.88. The highest BCUT2D eigenvalue weighted by molar-refractivity contribution is 14.0. The molecule has 0 saturated carbocycles. The Balaban J connectivity index is 0.00000256. The zero-order chi connectivity index (χ0) is 20.1. The van der Waals surface area contributed by atoms with E-state index in [0.717, 1.165) is 69.6 Å². The molecule has 1 aromatic heterocycles. The summed E-state index contributed by atoms with van der Waals surface area (Å²) in [5, 5.41) is 11.8. The Labute approximate surface area is 196 Å². The van der Waals surface area contributed by atoms with Gasteiger partial charge in [0.2, 0.25) is 0 Å². The molecular formula is C20H36IN7O2. The summed E-state index contributed by atoms with van der Waals surface area (Å²) in [5.41, 5.74) is 0.188. The Bertz CT molecular complexity index is 699. The van der Waals surface area contributed by atoms with Crippen molar-refractivity contribution in [3.63, 3.8) is 0 Å². The number of nitrogens with one attached hydrogen (secondary N) is 2. The second-order valence-corrected chi connectivity index (χ2v) is 8.40. The number of ether oxygens (including phenoxy) is 2. The molecule has 0 radical (unpaired) electrons. The Morgan fingerprint density at radius 3 is 2.77 bits per heavy atom. The van der Waals surface area contributed by atoms with E-state index in [4.69, 9.17) is 9.47 Å². The number of methoxy groups -OCH3 is 1. The minimum absolute atomic E-state index is 0. The van der Waals surface area contributed by atoms with Gasteiger partial charge in [0.15, 0.2) is 11.8 Å². The lowest BCUT2D eigenvalue weighted by molar-refractivity contribution is -0.0164. The minimum Gasteiger partial charge on any atom is -0.381 e. The van der Waals surface area contributed by atoms with Crippen LogP contribution >= 0.6 is 24.0 Å². The fraction of sp³-hybridized carbons (Fsp3) is 0.850. The maximum absolute atomic E-state index is 5.67. The fourth-order valence-corrected chi connectivity index (χ4v) is 4.85. The van der Waals surface area contributed by atoms with E-state index in [1.807, 2.05) is 11.7 Å². The lowest BCUT2D eigenvalue weighted by Crippen LogP contribution is -2.59. The molecule has 3 aliphatic heterocycles. The van der Waals surface area contributed by atoms with Gasteiger partial charge < -0.3 is 20.1 Å². The van der Waals surface area contributed by atoms with Crippen LogP contribution in [0.5, 0.6) is 0 Å². The van der Waals surface area contributed by atoms with Crippen molar-refractivity contribution in [1.29, 1.82) is 0 Å². The van der Waals surface area contributed by atoms with Gasteiger partial charge in [-0.15, -0.1) is 24.0 Å². The van der Waals surface area contributed by atoms with Gasteiger partial charge >= 0.3 is 0 Å². The SMILES string of the molecule is CN=C(NCC1(N2CCCC2)CCOCC1)NC1CCc2nc(COC)nn2C1.I. The predicted octanol–water partition coefficient (Wildman–Crippen LogP) is 1.17. The van der Waals surface area contributed by atoms with Crippen LogP contribution in [0.1, 0.15) is 43.8 Å². The monoisotopic (exact) mass is 533 g/mol. The first kappa shape index (κ1) is 23.7. The molecule has 170 valence electrons. The van der Waals surface area contributed by atoms with Crippen molar-refractivity contribution in [3.05, 3.63) is 11.6 Å². The van der Waals surface area contributed by atoms with Crippen LogP contribution in [0.15, 0.2) is 4.99 Å². The van der Waals surface area contributed by atoms with Crippen LogP contribution in [0.3, 0.4) is 0 Å². The smallest absolute Gasteiger partial charge is 0.191 e. The summed E-state index contributed by atoms with van der Waals surface area (Å²) in [6.07, 6.45) is 6.74. The van der Waals surface area contributed by atoms with Crippen LogP contribution < -0.4 is 10.6 Å². The molecule has 2 N–H and O–H groups in total. The number of hydrogen-bond acceptors (Lipinski definition) is 6. The van der Waals surface area contributed by atoms with Gasteiger partial charge in [0, 0.05) is 51.9 Å². The standard InChI is InChI=1S/C20H35N7O2.HI/c1-21-19(22-15-20(7-11-29-12-8-20)26-9-3-4-10-26)23-16-5-6-18-24-17(14-28-2)25-27(18)13-16;/h16H,3-15H2,1-2H3,(H2,21,22,23);1H. The van der Waals surface area contributed by atoms with Crippen molar-refractivity contribution in [2.45, 2.75) is 63.3 Å². The zero-order valence-electron chi connectivity index (χ0n) is 18.2. The Hall–Kier alpha value is -0.980. The molecule has 30 heavy (non-hydrogen) atoms. The van der Waals surface area contributed by atoms with Crippen LogP contribution in [-0.2, 0) is 29.0 Å².